The Morgan fingerprint density at radius 2 is 1.88 bits per heavy atom. The molecule has 154 valence electrons. The molecule has 6 nitrogen and oxygen atoms in total. The summed E-state index contributed by atoms with van der Waals surface area (Å²) >= 11 is 0. The van der Waals surface area contributed by atoms with Gasteiger partial charge in [-0.2, -0.15) is 0 Å². The van der Waals surface area contributed by atoms with Crippen LogP contribution in [0.25, 0.3) is 0 Å². The number of fused-ring (bicyclic) bond motifs is 1. The van der Waals surface area contributed by atoms with Gasteiger partial charge in [-0.3, -0.25) is 4.99 Å². The SMILES string of the molecule is CCCCOCCOCCN=C(NCC)NC1C2CCOC2C1(C)C.I. The molecule has 0 amide bonds. The molecule has 1 saturated heterocycles. The normalized spacial score (nSPS) is 26.6. The summed E-state index contributed by atoms with van der Waals surface area (Å²) in [7, 11) is 0. The molecular weight excluding hydrogens is 445 g/mol. The van der Waals surface area contributed by atoms with E-state index in [4.69, 9.17) is 14.2 Å². The van der Waals surface area contributed by atoms with E-state index in [0.29, 0.717) is 44.4 Å². The van der Waals surface area contributed by atoms with E-state index in [1.54, 1.807) is 0 Å². The fourth-order valence-corrected chi connectivity index (χ4v) is 3.87. The first-order valence-electron chi connectivity index (χ1n) is 9.93. The molecule has 0 aromatic carbocycles. The Kier molecular flexibility index (Phi) is 11.4. The number of nitrogens with one attached hydrogen (secondary N) is 2. The van der Waals surface area contributed by atoms with Crippen LogP contribution in [0.1, 0.15) is 47.0 Å². The zero-order chi connectivity index (χ0) is 18.1. The van der Waals surface area contributed by atoms with Crippen molar-refractivity contribution in [1.29, 1.82) is 0 Å². The fraction of sp³-hybridized carbons (Fsp3) is 0.947. The van der Waals surface area contributed by atoms with Crippen LogP contribution in [0.2, 0.25) is 0 Å². The van der Waals surface area contributed by atoms with Crippen molar-refractivity contribution in [3.8, 4) is 0 Å². The summed E-state index contributed by atoms with van der Waals surface area (Å²) in [5.41, 5.74) is 0.156. The number of halogens is 1. The molecule has 0 bridgehead atoms. The maximum absolute atomic E-state index is 5.87. The number of aliphatic imine (C=N–C) groups is 1. The average Bonchev–Trinajstić information content (AvgIpc) is 3.05. The van der Waals surface area contributed by atoms with Crippen LogP contribution in [0.5, 0.6) is 0 Å². The topological polar surface area (TPSA) is 64.1 Å². The van der Waals surface area contributed by atoms with E-state index < -0.39 is 0 Å². The molecule has 1 heterocycles. The Labute approximate surface area is 176 Å². The number of nitrogens with zero attached hydrogens (tertiary/aromatic N) is 1. The Hall–Kier alpha value is -0.120. The predicted molar refractivity (Wildman–Crippen MR) is 116 cm³/mol. The van der Waals surface area contributed by atoms with Gasteiger partial charge in [0.1, 0.15) is 0 Å². The van der Waals surface area contributed by atoms with Gasteiger partial charge in [-0.15, -0.1) is 24.0 Å². The Morgan fingerprint density at radius 1 is 1.15 bits per heavy atom. The summed E-state index contributed by atoms with van der Waals surface area (Å²) < 4.78 is 16.9. The average molecular weight is 483 g/mol. The first kappa shape index (κ1) is 23.9. The van der Waals surface area contributed by atoms with Crippen LogP contribution in [0, 0.1) is 11.3 Å². The molecule has 0 spiro atoms. The summed E-state index contributed by atoms with van der Waals surface area (Å²) in [5.74, 6) is 1.49. The highest BCUT2D eigenvalue weighted by molar-refractivity contribution is 14.0. The lowest BCUT2D eigenvalue weighted by Gasteiger charge is -2.54. The maximum Gasteiger partial charge on any atom is 0.191 e. The largest absolute Gasteiger partial charge is 0.379 e. The minimum absolute atomic E-state index is 0. The van der Waals surface area contributed by atoms with E-state index in [9.17, 15) is 0 Å². The second-order valence-electron chi connectivity index (χ2n) is 7.53. The second-order valence-corrected chi connectivity index (χ2v) is 7.53. The Bertz CT molecular complexity index is 421. The first-order valence-corrected chi connectivity index (χ1v) is 9.93. The quantitative estimate of drug-likeness (QED) is 0.205. The highest BCUT2D eigenvalue weighted by Gasteiger charge is 2.59. The zero-order valence-electron chi connectivity index (χ0n) is 16.9. The van der Waals surface area contributed by atoms with Gasteiger partial charge >= 0.3 is 0 Å². The Morgan fingerprint density at radius 3 is 2.58 bits per heavy atom. The minimum atomic E-state index is 0. The molecule has 1 saturated carbocycles. The standard InChI is InChI=1S/C19H37N3O3.HI/c1-5-7-10-23-13-14-24-12-9-21-18(20-6-2)22-16-15-8-11-25-17(15)19(16,3)4;/h15-17H,5-14H2,1-4H3,(H2,20,21,22);1H. The number of rotatable bonds is 11. The molecule has 2 N–H and O–H groups in total. The van der Waals surface area contributed by atoms with Crippen molar-refractivity contribution in [1.82, 2.24) is 10.6 Å². The van der Waals surface area contributed by atoms with Gasteiger partial charge in [0.15, 0.2) is 5.96 Å². The smallest absolute Gasteiger partial charge is 0.191 e. The monoisotopic (exact) mass is 483 g/mol. The number of guanidine groups is 1. The van der Waals surface area contributed by atoms with Gasteiger partial charge in [-0.25, -0.2) is 0 Å². The molecule has 3 atom stereocenters. The van der Waals surface area contributed by atoms with E-state index in [2.05, 4.69) is 43.3 Å². The fourth-order valence-electron chi connectivity index (χ4n) is 3.87. The van der Waals surface area contributed by atoms with E-state index in [0.717, 1.165) is 38.6 Å². The number of hydrogen-bond donors (Lipinski definition) is 2. The Balaban J connectivity index is 0.00000338. The van der Waals surface area contributed by atoms with Crippen molar-refractivity contribution in [2.24, 2.45) is 16.3 Å². The minimum Gasteiger partial charge on any atom is -0.379 e. The zero-order valence-corrected chi connectivity index (χ0v) is 19.2. The van der Waals surface area contributed by atoms with Gasteiger partial charge in [0, 0.05) is 37.1 Å². The van der Waals surface area contributed by atoms with Crippen LogP contribution >= 0.6 is 24.0 Å². The van der Waals surface area contributed by atoms with Gasteiger partial charge in [0.05, 0.1) is 32.5 Å². The maximum atomic E-state index is 5.87. The summed E-state index contributed by atoms with van der Waals surface area (Å²) in [6.07, 6.45) is 3.82. The van der Waals surface area contributed by atoms with Gasteiger partial charge in [-0.1, -0.05) is 27.2 Å². The summed E-state index contributed by atoms with van der Waals surface area (Å²) in [6.45, 7) is 14.0. The van der Waals surface area contributed by atoms with Crippen LogP contribution in [-0.4, -0.2) is 64.2 Å². The van der Waals surface area contributed by atoms with E-state index in [1.807, 2.05) is 0 Å². The van der Waals surface area contributed by atoms with Crippen LogP contribution < -0.4 is 10.6 Å². The number of ether oxygens (including phenoxy) is 3. The summed E-state index contributed by atoms with van der Waals surface area (Å²) in [6, 6.07) is 0.422. The summed E-state index contributed by atoms with van der Waals surface area (Å²) in [4.78, 5) is 4.65. The molecule has 3 unspecified atom stereocenters. The molecule has 0 aromatic heterocycles. The van der Waals surface area contributed by atoms with Gasteiger partial charge in [0.25, 0.3) is 0 Å². The van der Waals surface area contributed by atoms with Crippen molar-refractivity contribution < 1.29 is 14.2 Å². The van der Waals surface area contributed by atoms with Gasteiger partial charge in [-0.05, 0) is 19.8 Å². The third kappa shape index (κ3) is 6.49. The van der Waals surface area contributed by atoms with Crippen molar-refractivity contribution in [3.05, 3.63) is 0 Å². The van der Waals surface area contributed by atoms with Crippen molar-refractivity contribution in [2.45, 2.75) is 59.1 Å². The third-order valence-corrected chi connectivity index (χ3v) is 5.26. The highest BCUT2D eigenvalue weighted by atomic mass is 127. The molecule has 0 radical (unpaired) electrons. The van der Waals surface area contributed by atoms with Crippen LogP contribution in [-0.2, 0) is 14.2 Å². The molecule has 1 aliphatic carbocycles. The van der Waals surface area contributed by atoms with Crippen molar-refractivity contribution in [2.75, 3.05) is 46.1 Å². The number of unbranched alkanes of at least 4 members (excludes halogenated alkanes) is 1. The van der Waals surface area contributed by atoms with E-state index in [1.165, 1.54) is 6.42 Å². The van der Waals surface area contributed by atoms with Gasteiger partial charge in [0.2, 0.25) is 0 Å². The lowest BCUT2D eigenvalue weighted by Crippen LogP contribution is -2.68. The lowest BCUT2D eigenvalue weighted by atomic mass is 9.57. The van der Waals surface area contributed by atoms with Crippen LogP contribution in [0.3, 0.4) is 0 Å². The highest BCUT2D eigenvalue weighted by Crippen LogP contribution is 2.52. The number of hydrogen-bond acceptors (Lipinski definition) is 4. The predicted octanol–water partition coefficient (Wildman–Crippen LogP) is 2.81. The van der Waals surface area contributed by atoms with E-state index >= 15 is 0 Å². The van der Waals surface area contributed by atoms with Gasteiger partial charge < -0.3 is 24.8 Å². The molecule has 2 rings (SSSR count). The molecule has 0 aromatic rings. The van der Waals surface area contributed by atoms with E-state index in [-0.39, 0.29) is 29.4 Å². The van der Waals surface area contributed by atoms with Crippen LogP contribution in [0.15, 0.2) is 4.99 Å². The second kappa shape index (κ2) is 12.4. The third-order valence-electron chi connectivity index (χ3n) is 5.26. The van der Waals surface area contributed by atoms with Crippen molar-refractivity contribution >= 4 is 29.9 Å². The molecule has 2 aliphatic rings. The molecule has 1 aliphatic heterocycles. The summed E-state index contributed by atoms with van der Waals surface area (Å²) in [5, 5.41) is 6.96. The molecular formula is C19H38IN3O3. The molecule has 2 fully saturated rings. The van der Waals surface area contributed by atoms with Crippen molar-refractivity contribution in [3.63, 3.8) is 0 Å². The first-order chi connectivity index (χ1) is 12.1. The van der Waals surface area contributed by atoms with Crippen LogP contribution in [0.4, 0.5) is 0 Å². The molecule has 7 heteroatoms. The molecule has 26 heavy (non-hydrogen) atoms. The lowest BCUT2D eigenvalue weighted by molar-refractivity contribution is -0.106.